The maximum absolute atomic E-state index is 13.4. The molecular formula is C19H29ClN2O. The van der Waals surface area contributed by atoms with Crippen LogP contribution >= 0.6 is 12.4 Å². The largest absolute Gasteiger partial charge is 0.341 e. The van der Waals surface area contributed by atoms with Crippen LogP contribution in [0.4, 0.5) is 0 Å². The molecule has 0 radical (unpaired) electrons. The Labute approximate surface area is 146 Å². The van der Waals surface area contributed by atoms with Gasteiger partial charge < -0.3 is 10.6 Å². The van der Waals surface area contributed by atoms with Gasteiger partial charge in [-0.3, -0.25) is 4.79 Å². The van der Waals surface area contributed by atoms with Crippen molar-refractivity contribution < 1.29 is 4.79 Å². The Morgan fingerprint density at radius 3 is 2.39 bits per heavy atom. The van der Waals surface area contributed by atoms with E-state index in [2.05, 4.69) is 30.9 Å². The SMILES string of the molecule is CCC(CC)(C(=O)N1CC2CCC(N)C2C1)c1ccccc1.Cl. The van der Waals surface area contributed by atoms with Crippen LogP contribution in [0.2, 0.25) is 0 Å². The number of nitrogens with two attached hydrogens (primary N) is 1. The molecule has 2 aliphatic rings. The third-order valence-corrected chi connectivity index (χ3v) is 6.14. The van der Waals surface area contributed by atoms with Gasteiger partial charge in [0.2, 0.25) is 5.91 Å². The summed E-state index contributed by atoms with van der Waals surface area (Å²) in [6, 6.07) is 10.6. The van der Waals surface area contributed by atoms with Gasteiger partial charge in [-0.1, -0.05) is 44.2 Å². The highest BCUT2D eigenvalue weighted by molar-refractivity contribution is 5.88. The Hall–Kier alpha value is -1.06. The lowest BCUT2D eigenvalue weighted by atomic mass is 9.74. The van der Waals surface area contributed by atoms with Gasteiger partial charge in [-0.15, -0.1) is 12.4 Å². The number of carbonyl (C=O) groups is 1. The summed E-state index contributed by atoms with van der Waals surface area (Å²) in [4.78, 5) is 15.5. The molecule has 4 heteroatoms. The van der Waals surface area contributed by atoms with E-state index in [0.29, 0.717) is 17.7 Å². The Morgan fingerprint density at radius 2 is 1.83 bits per heavy atom. The van der Waals surface area contributed by atoms with Crippen LogP contribution in [0.5, 0.6) is 0 Å². The van der Waals surface area contributed by atoms with Crippen LogP contribution in [-0.4, -0.2) is 29.9 Å². The molecule has 1 amide bonds. The summed E-state index contributed by atoms with van der Waals surface area (Å²) in [6.45, 7) is 6.04. The van der Waals surface area contributed by atoms with E-state index in [1.54, 1.807) is 0 Å². The first-order valence-corrected chi connectivity index (χ1v) is 8.73. The third-order valence-electron chi connectivity index (χ3n) is 6.14. The first-order chi connectivity index (χ1) is 10.6. The van der Waals surface area contributed by atoms with E-state index >= 15 is 0 Å². The lowest BCUT2D eigenvalue weighted by Crippen LogP contribution is -2.46. The monoisotopic (exact) mass is 336 g/mol. The average Bonchev–Trinajstić information content (AvgIpc) is 3.12. The van der Waals surface area contributed by atoms with Crippen LogP contribution in [0.1, 0.15) is 45.1 Å². The first kappa shape index (κ1) is 18.3. The van der Waals surface area contributed by atoms with E-state index < -0.39 is 0 Å². The zero-order valence-electron chi connectivity index (χ0n) is 14.2. The summed E-state index contributed by atoms with van der Waals surface area (Å²) in [5, 5.41) is 0. The van der Waals surface area contributed by atoms with E-state index in [1.165, 1.54) is 6.42 Å². The number of carbonyl (C=O) groups excluding carboxylic acids is 1. The van der Waals surface area contributed by atoms with Gasteiger partial charge in [-0.25, -0.2) is 0 Å². The molecular weight excluding hydrogens is 308 g/mol. The molecule has 3 atom stereocenters. The second kappa shape index (κ2) is 7.23. The number of hydrogen-bond acceptors (Lipinski definition) is 2. The summed E-state index contributed by atoms with van der Waals surface area (Å²) < 4.78 is 0. The molecule has 1 aliphatic heterocycles. The van der Waals surface area contributed by atoms with Crippen molar-refractivity contribution in [2.75, 3.05) is 13.1 Å². The fraction of sp³-hybridized carbons (Fsp3) is 0.632. The number of fused-ring (bicyclic) bond motifs is 1. The van der Waals surface area contributed by atoms with Crippen molar-refractivity contribution in [1.82, 2.24) is 4.90 Å². The fourth-order valence-electron chi connectivity index (χ4n) is 4.62. The van der Waals surface area contributed by atoms with E-state index in [9.17, 15) is 4.79 Å². The molecule has 1 saturated heterocycles. The van der Waals surface area contributed by atoms with Gasteiger partial charge >= 0.3 is 0 Å². The topological polar surface area (TPSA) is 46.3 Å². The molecule has 2 N–H and O–H groups in total. The molecule has 3 unspecified atom stereocenters. The Bertz CT molecular complexity index is 529. The number of amides is 1. The molecule has 23 heavy (non-hydrogen) atoms. The molecule has 1 aliphatic carbocycles. The molecule has 3 nitrogen and oxygen atoms in total. The highest BCUT2D eigenvalue weighted by Gasteiger charge is 2.47. The average molecular weight is 337 g/mol. The molecule has 1 saturated carbocycles. The normalized spacial score (nSPS) is 26.7. The van der Waals surface area contributed by atoms with E-state index in [4.69, 9.17) is 5.73 Å². The van der Waals surface area contributed by atoms with Crippen LogP contribution in [0.3, 0.4) is 0 Å². The van der Waals surface area contributed by atoms with Crippen LogP contribution in [0.15, 0.2) is 30.3 Å². The summed E-state index contributed by atoms with van der Waals surface area (Å²) in [5.41, 5.74) is 7.02. The second-order valence-electron chi connectivity index (χ2n) is 7.03. The number of likely N-dealkylation sites (tertiary alicyclic amines) is 1. The van der Waals surface area contributed by atoms with Crippen LogP contribution < -0.4 is 5.73 Å². The Balaban J connectivity index is 0.00000192. The van der Waals surface area contributed by atoms with Gasteiger partial charge in [0.05, 0.1) is 5.41 Å². The van der Waals surface area contributed by atoms with Crippen molar-refractivity contribution in [3.63, 3.8) is 0 Å². The molecule has 0 spiro atoms. The molecule has 0 aromatic heterocycles. The zero-order valence-corrected chi connectivity index (χ0v) is 15.0. The quantitative estimate of drug-likeness (QED) is 0.916. The standard InChI is InChI=1S/C19H28N2O.ClH/c1-3-19(4-2,15-8-6-5-7-9-15)18(22)21-12-14-10-11-17(20)16(14)13-21;/h5-9,14,16-17H,3-4,10-13,20H2,1-2H3;1H. The van der Waals surface area contributed by atoms with E-state index in [1.807, 2.05) is 18.2 Å². The van der Waals surface area contributed by atoms with Crippen molar-refractivity contribution in [2.24, 2.45) is 17.6 Å². The number of halogens is 1. The number of benzene rings is 1. The molecule has 1 aromatic carbocycles. The van der Waals surface area contributed by atoms with Crippen molar-refractivity contribution in [3.05, 3.63) is 35.9 Å². The van der Waals surface area contributed by atoms with Crippen molar-refractivity contribution in [2.45, 2.75) is 51.0 Å². The molecule has 2 fully saturated rings. The second-order valence-corrected chi connectivity index (χ2v) is 7.03. The maximum atomic E-state index is 13.4. The van der Waals surface area contributed by atoms with Gasteiger partial charge in [-0.05, 0) is 43.1 Å². The van der Waals surface area contributed by atoms with E-state index in [0.717, 1.165) is 37.9 Å². The highest BCUT2D eigenvalue weighted by Crippen LogP contribution is 2.41. The predicted molar refractivity (Wildman–Crippen MR) is 96.7 cm³/mol. The van der Waals surface area contributed by atoms with E-state index in [-0.39, 0.29) is 23.9 Å². The summed E-state index contributed by atoms with van der Waals surface area (Å²) in [6.07, 6.45) is 4.02. The Morgan fingerprint density at radius 1 is 1.17 bits per heavy atom. The van der Waals surface area contributed by atoms with Gasteiger partial charge in [0.1, 0.15) is 0 Å². The summed E-state index contributed by atoms with van der Waals surface area (Å²) >= 11 is 0. The zero-order chi connectivity index (χ0) is 15.7. The Kier molecular flexibility index (Phi) is 5.74. The number of nitrogens with zero attached hydrogens (tertiary/aromatic N) is 1. The van der Waals surface area contributed by atoms with Crippen molar-refractivity contribution in [1.29, 1.82) is 0 Å². The summed E-state index contributed by atoms with van der Waals surface area (Å²) in [7, 11) is 0. The molecule has 1 heterocycles. The minimum atomic E-state index is -0.371. The molecule has 0 bridgehead atoms. The predicted octanol–water partition coefficient (Wildman–Crippen LogP) is 3.36. The lowest BCUT2D eigenvalue weighted by Gasteiger charge is -2.35. The van der Waals surface area contributed by atoms with Crippen molar-refractivity contribution >= 4 is 18.3 Å². The molecule has 1 aromatic rings. The van der Waals surface area contributed by atoms with Gasteiger partial charge in [-0.2, -0.15) is 0 Å². The molecule has 3 rings (SSSR count). The van der Waals surface area contributed by atoms with Crippen molar-refractivity contribution in [3.8, 4) is 0 Å². The summed E-state index contributed by atoms with van der Waals surface area (Å²) in [5.74, 6) is 1.46. The maximum Gasteiger partial charge on any atom is 0.233 e. The molecule has 128 valence electrons. The van der Waals surface area contributed by atoms with Crippen LogP contribution in [0, 0.1) is 11.8 Å². The fourth-order valence-corrected chi connectivity index (χ4v) is 4.62. The first-order valence-electron chi connectivity index (χ1n) is 8.73. The minimum absolute atomic E-state index is 0. The smallest absolute Gasteiger partial charge is 0.233 e. The van der Waals surface area contributed by atoms with Crippen LogP contribution in [0.25, 0.3) is 0 Å². The van der Waals surface area contributed by atoms with Crippen LogP contribution in [-0.2, 0) is 10.2 Å². The minimum Gasteiger partial charge on any atom is -0.341 e. The number of rotatable bonds is 4. The van der Waals surface area contributed by atoms with Gasteiger partial charge in [0.15, 0.2) is 0 Å². The third kappa shape index (κ3) is 3.01. The van der Waals surface area contributed by atoms with Gasteiger partial charge in [0, 0.05) is 19.1 Å². The highest BCUT2D eigenvalue weighted by atomic mass is 35.5. The lowest BCUT2D eigenvalue weighted by molar-refractivity contribution is -0.137. The number of hydrogen-bond donors (Lipinski definition) is 1. The van der Waals surface area contributed by atoms with Gasteiger partial charge in [0.25, 0.3) is 0 Å².